The van der Waals surface area contributed by atoms with Gasteiger partial charge in [-0.3, -0.25) is 4.79 Å². The van der Waals surface area contributed by atoms with Gasteiger partial charge in [-0.15, -0.1) is 0 Å². The number of hydrogen-bond acceptors (Lipinski definition) is 4. The van der Waals surface area contributed by atoms with Crippen LogP contribution in [0.4, 0.5) is 18.9 Å². The van der Waals surface area contributed by atoms with Gasteiger partial charge in [-0.25, -0.2) is 0 Å². The lowest BCUT2D eigenvalue weighted by molar-refractivity contribution is -0.144. The Bertz CT molecular complexity index is 808. The van der Waals surface area contributed by atoms with Crippen molar-refractivity contribution in [2.24, 2.45) is 0 Å². The fraction of sp³-hybridized carbons (Fsp3) is 0.235. The van der Waals surface area contributed by atoms with E-state index in [2.05, 4.69) is 5.32 Å². The van der Waals surface area contributed by atoms with Crippen molar-refractivity contribution in [3.8, 4) is 11.5 Å². The van der Waals surface area contributed by atoms with Crippen molar-refractivity contribution in [3.63, 3.8) is 0 Å². The van der Waals surface area contributed by atoms with Gasteiger partial charge in [0.2, 0.25) is 0 Å². The Kier molecular flexibility index (Phi) is 4.20. The third kappa shape index (κ3) is 3.19. The van der Waals surface area contributed by atoms with Crippen LogP contribution in [0.3, 0.4) is 0 Å². The first-order valence-electron chi connectivity index (χ1n) is 7.41. The first-order chi connectivity index (χ1) is 11.8. The average Bonchev–Trinajstić information content (AvgIpc) is 2.57. The summed E-state index contributed by atoms with van der Waals surface area (Å²) in [6.07, 6.45) is -5.77. The normalized spacial score (nSPS) is 17.0. The summed E-state index contributed by atoms with van der Waals surface area (Å²) in [5, 5.41) is 13.2. The third-order valence-corrected chi connectivity index (χ3v) is 3.92. The maximum Gasteiger partial charge on any atom is 0.406 e. The lowest BCUT2D eigenvalue weighted by Gasteiger charge is -2.38. The zero-order valence-electron chi connectivity index (χ0n) is 13.2. The molecule has 2 N–H and O–H groups in total. The van der Waals surface area contributed by atoms with Gasteiger partial charge in [0.15, 0.2) is 11.5 Å². The van der Waals surface area contributed by atoms with Crippen LogP contribution in [0.25, 0.3) is 0 Å². The van der Waals surface area contributed by atoms with Gasteiger partial charge >= 0.3 is 6.18 Å². The van der Waals surface area contributed by atoms with Crippen molar-refractivity contribution >= 4 is 11.6 Å². The van der Waals surface area contributed by atoms with Crippen molar-refractivity contribution in [3.05, 3.63) is 53.6 Å². The molecule has 0 aromatic heterocycles. The van der Waals surface area contributed by atoms with Crippen LogP contribution in [0.1, 0.15) is 22.1 Å². The summed E-state index contributed by atoms with van der Waals surface area (Å²) in [5.41, 5.74) is 0.662. The van der Waals surface area contributed by atoms with Crippen molar-refractivity contribution in [2.45, 2.75) is 12.3 Å². The molecule has 1 atom stereocenters. The van der Waals surface area contributed by atoms with Crippen molar-refractivity contribution < 1.29 is 27.8 Å². The Morgan fingerprint density at radius 2 is 1.92 bits per heavy atom. The highest BCUT2D eigenvalue weighted by molar-refractivity contribution is 6.01. The predicted octanol–water partition coefficient (Wildman–Crippen LogP) is 3.53. The second-order valence-electron chi connectivity index (χ2n) is 5.54. The van der Waals surface area contributed by atoms with Crippen LogP contribution in [-0.4, -0.2) is 35.7 Å². The highest BCUT2D eigenvalue weighted by Gasteiger charge is 2.41. The summed E-state index contributed by atoms with van der Waals surface area (Å²) in [5.74, 6) is -0.974. The fourth-order valence-corrected chi connectivity index (χ4v) is 2.82. The Morgan fingerprint density at radius 3 is 2.60 bits per heavy atom. The SMILES string of the molecule is COc1cccc(C2Nc3ccccc3C(=O)N2CC(F)(F)F)c1O. The predicted molar refractivity (Wildman–Crippen MR) is 84.6 cm³/mol. The van der Waals surface area contributed by atoms with Crippen molar-refractivity contribution in [1.82, 2.24) is 4.90 Å². The van der Waals surface area contributed by atoms with Crippen molar-refractivity contribution in [1.29, 1.82) is 0 Å². The van der Waals surface area contributed by atoms with Crippen LogP contribution in [0.15, 0.2) is 42.5 Å². The van der Waals surface area contributed by atoms with E-state index in [1.165, 1.54) is 31.4 Å². The minimum Gasteiger partial charge on any atom is -0.504 e. The summed E-state index contributed by atoms with van der Waals surface area (Å²) in [6, 6.07) is 10.8. The molecule has 0 aliphatic carbocycles. The molecule has 1 unspecified atom stereocenters. The number of carbonyl (C=O) groups excluding carboxylic acids is 1. The molecule has 1 amide bonds. The topological polar surface area (TPSA) is 61.8 Å². The number of phenols is 1. The third-order valence-electron chi connectivity index (χ3n) is 3.92. The second kappa shape index (κ2) is 6.19. The summed E-state index contributed by atoms with van der Waals surface area (Å²) < 4.78 is 44.1. The summed E-state index contributed by atoms with van der Waals surface area (Å²) in [7, 11) is 1.33. The van der Waals surface area contributed by atoms with Gasteiger partial charge in [0, 0.05) is 11.3 Å². The van der Waals surface area contributed by atoms with E-state index in [1.54, 1.807) is 18.2 Å². The smallest absolute Gasteiger partial charge is 0.406 e. The monoisotopic (exact) mass is 352 g/mol. The van der Waals surface area contributed by atoms with Crippen LogP contribution in [0.2, 0.25) is 0 Å². The summed E-state index contributed by atoms with van der Waals surface area (Å²) in [6.45, 7) is -1.45. The Hall–Kier alpha value is -2.90. The quantitative estimate of drug-likeness (QED) is 0.887. The molecule has 0 bridgehead atoms. The minimum absolute atomic E-state index is 0.109. The molecular weight excluding hydrogens is 337 g/mol. The van der Waals surface area contributed by atoms with E-state index < -0.39 is 24.8 Å². The van der Waals surface area contributed by atoms with E-state index in [-0.39, 0.29) is 22.6 Å². The number of para-hydroxylation sites is 2. The van der Waals surface area contributed by atoms with Crippen LogP contribution in [-0.2, 0) is 0 Å². The number of nitrogens with zero attached hydrogens (tertiary/aromatic N) is 1. The van der Waals surface area contributed by atoms with Gasteiger partial charge < -0.3 is 20.1 Å². The number of nitrogens with one attached hydrogen (secondary N) is 1. The van der Waals surface area contributed by atoms with Crippen LogP contribution in [0, 0.1) is 0 Å². The van der Waals surface area contributed by atoms with Gasteiger partial charge in [-0.05, 0) is 18.2 Å². The first-order valence-corrected chi connectivity index (χ1v) is 7.41. The number of hydrogen-bond donors (Lipinski definition) is 2. The number of ether oxygens (including phenoxy) is 1. The number of carbonyl (C=O) groups is 1. The summed E-state index contributed by atoms with van der Waals surface area (Å²) >= 11 is 0. The maximum atomic E-state index is 13.0. The molecule has 0 saturated heterocycles. The zero-order chi connectivity index (χ0) is 18.2. The number of fused-ring (bicyclic) bond motifs is 1. The molecule has 5 nitrogen and oxygen atoms in total. The van der Waals surface area contributed by atoms with Gasteiger partial charge in [-0.2, -0.15) is 13.2 Å². The number of aromatic hydroxyl groups is 1. The molecule has 1 aliphatic rings. The molecule has 0 radical (unpaired) electrons. The lowest BCUT2D eigenvalue weighted by Crippen LogP contribution is -2.47. The average molecular weight is 352 g/mol. The van der Waals surface area contributed by atoms with Crippen LogP contribution < -0.4 is 10.1 Å². The molecule has 3 rings (SSSR count). The number of anilines is 1. The van der Waals surface area contributed by atoms with Gasteiger partial charge in [0.1, 0.15) is 12.7 Å². The lowest BCUT2D eigenvalue weighted by atomic mass is 10.0. The molecule has 0 spiro atoms. The van der Waals surface area contributed by atoms with Crippen molar-refractivity contribution in [2.75, 3.05) is 19.0 Å². The van der Waals surface area contributed by atoms with Gasteiger partial charge in [-0.1, -0.05) is 24.3 Å². The molecule has 132 valence electrons. The number of benzene rings is 2. The number of phenolic OH excluding ortho intramolecular Hbond substituents is 1. The van der Waals surface area contributed by atoms with Gasteiger partial charge in [0.25, 0.3) is 5.91 Å². The van der Waals surface area contributed by atoms with Crippen LogP contribution >= 0.6 is 0 Å². The van der Waals surface area contributed by atoms with E-state index >= 15 is 0 Å². The molecule has 25 heavy (non-hydrogen) atoms. The largest absolute Gasteiger partial charge is 0.504 e. The Balaban J connectivity index is 2.11. The Labute approximate surface area is 141 Å². The maximum absolute atomic E-state index is 13.0. The molecule has 0 saturated carbocycles. The zero-order valence-corrected chi connectivity index (χ0v) is 13.2. The molecule has 0 fully saturated rings. The van der Waals surface area contributed by atoms with E-state index in [0.717, 1.165) is 0 Å². The van der Waals surface area contributed by atoms with E-state index in [4.69, 9.17) is 4.74 Å². The molecule has 1 heterocycles. The highest BCUT2D eigenvalue weighted by Crippen LogP contribution is 2.41. The highest BCUT2D eigenvalue weighted by atomic mass is 19.4. The number of rotatable bonds is 3. The minimum atomic E-state index is -4.59. The van der Waals surface area contributed by atoms with E-state index in [9.17, 15) is 23.1 Å². The van der Waals surface area contributed by atoms with Crippen LogP contribution in [0.5, 0.6) is 11.5 Å². The van der Waals surface area contributed by atoms with E-state index in [0.29, 0.717) is 10.6 Å². The first kappa shape index (κ1) is 16.9. The number of amides is 1. The van der Waals surface area contributed by atoms with Gasteiger partial charge in [0.05, 0.1) is 12.7 Å². The number of methoxy groups -OCH3 is 1. The molecule has 8 heteroatoms. The fourth-order valence-electron chi connectivity index (χ4n) is 2.82. The number of halogens is 3. The molecular formula is C17H15F3N2O3. The second-order valence-corrected chi connectivity index (χ2v) is 5.54. The summed E-state index contributed by atoms with van der Waals surface area (Å²) in [4.78, 5) is 13.3. The Morgan fingerprint density at radius 1 is 1.20 bits per heavy atom. The standard InChI is InChI=1S/C17H15F3N2O3/c1-25-13-8-4-6-11(14(13)23)15-21-12-7-3-2-5-10(12)16(24)22(15)9-17(18,19)20/h2-8,15,21,23H,9H2,1H3. The number of alkyl halides is 3. The van der Waals surface area contributed by atoms with E-state index in [1.807, 2.05) is 0 Å². The molecule has 1 aliphatic heterocycles. The molecule has 2 aromatic carbocycles. The molecule has 2 aromatic rings.